The molecule has 6 atom stereocenters. The van der Waals surface area contributed by atoms with Gasteiger partial charge in [0.15, 0.2) is 6.20 Å². The fourth-order valence-electron chi connectivity index (χ4n) is 1.91. The first-order valence-electron chi connectivity index (χ1n) is 8.58. The van der Waals surface area contributed by atoms with E-state index in [0.717, 1.165) is 0 Å². The molecule has 1 aromatic heterocycles. The predicted octanol–water partition coefficient (Wildman–Crippen LogP) is -1.55. The van der Waals surface area contributed by atoms with E-state index >= 15 is 4.39 Å². The van der Waals surface area contributed by atoms with Crippen LogP contribution < -0.4 is 11.2 Å². The highest BCUT2D eigenvalue weighted by atomic mass is 35.5. The Morgan fingerprint density at radius 1 is 1.26 bits per heavy atom. The molecule has 1 aliphatic rings. The van der Waals surface area contributed by atoms with Gasteiger partial charge in [0.05, 0.1) is 4.11 Å². The molecular weight excluding hydrogens is 523 g/mol. The van der Waals surface area contributed by atoms with E-state index in [2.05, 4.69) is 17.9 Å². The van der Waals surface area contributed by atoms with Gasteiger partial charge in [0.25, 0.3) is 11.4 Å². The maximum Gasteiger partial charge on any atom is 0.490 e. The van der Waals surface area contributed by atoms with Crippen molar-refractivity contribution in [1.82, 2.24) is 9.55 Å². The number of aromatic nitrogens is 2. The number of rotatable bonds is 8. The van der Waals surface area contributed by atoms with E-state index in [4.69, 9.17) is 30.4 Å². The molecule has 2 rings (SSSR count). The number of hydrogen-bond donors (Lipinski definition) is 7. The van der Waals surface area contributed by atoms with Crippen LogP contribution in [0.15, 0.2) is 15.8 Å². The Hall–Kier alpha value is -0.810. The molecule has 2 unspecified atom stereocenters. The minimum atomic E-state index is -6.37. The molecule has 0 aromatic carbocycles. The van der Waals surface area contributed by atoms with E-state index in [0.29, 0.717) is 6.20 Å². The summed E-state index contributed by atoms with van der Waals surface area (Å²) in [6, 6.07) is 0. The summed E-state index contributed by atoms with van der Waals surface area (Å²) in [6.07, 6.45) is -9.26. The van der Waals surface area contributed by atoms with Crippen molar-refractivity contribution >= 4 is 35.1 Å². The molecule has 1 saturated heterocycles. The average Bonchev–Trinajstić information content (AvgIpc) is 2.76. The van der Waals surface area contributed by atoms with Crippen LogP contribution in [-0.2, 0) is 31.6 Å². The zero-order valence-corrected chi connectivity index (χ0v) is 17.6. The van der Waals surface area contributed by atoms with Crippen LogP contribution in [0.25, 0.3) is 0 Å². The van der Waals surface area contributed by atoms with Crippen LogP contribution in [0.3, 0.4) is 0 Å². The number of hydrogen-bond acceptors (Lipinski definition) is 11. The first-order chi connectivity index (χ1) is 15.0. The third kappa shape index (κ3) is 6.60. The highest BCUT2D eigenvalue weighted by Crippen LogP contribution is 2.66. The van der Waals surface area contributed by atoms with Crippen LogP contribution in [0.2, 0.25) is 5.02 Å². The number of ether oxygens (including phenoxy) is 1. The molecular formula is C9H13ClFN2O15P3. The molecule has 1 fully saturated rings. The molecule has 2 heterocycles. The quantitative estimate of drug-likeness (QED) is 0.184. The molecule has 7 N–H and O–H groups in total. The Balaban J connectivity index is 2.44. The number of halogens is 2. The number of aliphatic hydroxyl groups is 2. The van der Waals surface area contributed by atoms with Crippen molar-refractivity contribution in [2.75, 3.05) is 6.56 Å². The topological polar surface area (TPSA) is 264 Å². The molecule has 17 nitrogen and oxygen atoms in total. The molecule has 22 heteroatoms. The van der Waals surface area contributed by atoms with Gasteiger partial charge in [-0.3, -0.25) is 18.9 Å². The number of phosphoric ester groups is 1. The summed E-state index contributed by atoms with van der Waals surface area (Å²) in [4.78, 5) is 60.3. The van der Waals surface area contributed by atoms with Crippen LogP contribution in [0, 0.1) is 0 Å². The normalized spacial score (nSPS) is 34.9. The number of H-pyrrole nitrogens is 1. The molecule has 0 saturated carbocycles. The largest absolute Gasteiger partial charge is 0.490 e. The van der Waals surface area contributed by atoms with Gasteiger partial charge >= 0.3 is 29.2 Å². The molecule has 0 aliphatic carbocycles. The van der Waals surface area contributed by atoms with E-state index in [1.165, 1.54) is 4.98 Å². The zero-order valence-electron chi connectivity index (χ0n) is 17.1. The van der Waals surface area contributed by atoms with Gasteiger partial charge in [-0.25, -0.2) is 22.9 Å². The van der Waals surface area contributed by atoms with Crippen molar-refractivity contribution in [3.05, 3.63) is 32.1 Å². The van der Waals surface area contributed by atoms with E-state index in [9.17, 15) is 38.4 Å². The van der Waals surface area contributed by atoms with Crippen LogP contribution in [0.1, 0.15) is 10.3 Å². The van der Waals surface area contributed by atoms with Crippen LogP contribution in [0.4, 0.5) is 4.39 Å². The number of nitrogens with zero attached hydrogens (tertiary/aromatic N) is 1. The first-order valence-corrected chi connectivity index (χ1v) is 12.0. The molecule has 31 heavy (non-hydrogen) atoms. The molecule has 0 amide bonds. The highest BCUT2D eigenvalue weighted by molar-refractivity contribution is 7.66. The summed E-state index contributed by atoms with van der Waals surface area (Å²) in [5.41, 5.74) is -2.78. The molecule has 1 aromatic rings. The summed E-state index contributed by atoms with van der Waals surface area (Å²) in [5, 5.41) is 19.3. The number of phosphoric acid groups is 3. The van der Waals surface area contributed by atoms with Crippen molar-refractivity contribution in [3.8, 4) is 0 Å². The van der Waals surface area contributed by atoms with Crippen molar-refractivity contribution in [2.24, 2.45) is 0 Å². The second kappa shape index (κ2) is 8.85. The average molecular weight is 540 g/mol. The molecule has 0 bridgehead atoms. The first kappa shape index (κ1) is 22.0. The minimum absolute atomic E-state index is 0.0904. The van der Waals surface area contributed by atoms with E-state index in [1.54, 1.807) is 0 Å². The lowest BCUT2D eigenvalue weighted by atomic mass is 10.1. The van der Waals surface area contributed by atoms with Crippen LogP contribution in [0.5, 0.6) is 0 Å². The Bertz CT molecular complexity index is 1240. The summed E-state index contributed by atoms with van der Waals surface area (Å²) in [5.74, 6) is -4.54. The predicted molar refractivity (Wildman–Crippen MR) is 92.1 cm³/mol. The molecule has 1 aliphatic heterocycles. The number of nitrogens with one attached hydrogen (secondary N) is 1. The zero-order chi connectivity index (χ0) is 26.7. The fraction of sp³-hybridized carbons (Fsp3) is 0.556. The third-order valence-electron chi connectivity index (χ3n) is 3.04. The number of aliphatic hydroxyl groups excluding tert-OH is 2. The fourth-order valence-corrected chi connectivity index (χ4v) is 4.94. The Morgan fingerprint density at radius 3 is 2.39 bits per heavy atom. The van der Waals surface area contributed by atoms with Crippen LogP contribution >= 0.6 is 35.1 Å². The lowest BCUT2D eigenvalue weighted by Crippen LogP contribution is -2.43. The Labute approximate surface area is 178 Å². The van der Waals surface area contributed by atoms with Gasteiger partial charge in [0, 0.05) is 6.20 Å². The lowest BCUT2D eigenvalue weighted by Gasteiger charge is -2.24. The highest BCUT2D eigenvalue weighted by Gasteiger charge is 2.57. The van der Waals surface area contributed by atoms with Gasteiger partial charge in [-0.1, -0.05) is 11.6 Å². The van der Waals surface area contributed by atoms with Crippen molar-refractivity contribution in [1.29, 1.82) is 0 Å². The maximum atomic E-state index is 15.4. The van der Waals surface area contributed by atoms with Gasteiger partial charge < -0.3 is 34.5 Å². The summed E-state index contributed by atoms with van der Waals surface area (Å²) in [7, 11) is -18.4. The SMILES string of the molecule is [2H]C([2H])(OP(=O)(O)OP(=O)(O)OP(=O)(O)O)[C@@]1(F)O[C@@]([2H])(n2cc(Cl)c(=O)[nH]c2=O)[C@H](O)[C@@H]1O. The molecule has 0 radical (unpaired) electrons. The van der Waals surface area contributed by atoms with Crippen molar-refractivity contribution < 1.29 is 69.9 Å². The Morgan fingerprint density at radius 2 is 1.84 bits per heavy atom. The minimum Gasteiger partial charge on any atom is -0.385 e. The number of alkyl halides is 1. The summed E-state index contributed by atoms with van der Waals surface area (Å²) in [6.45, 7) is -4.49. The van der Waals surface area contributed by atoms with Gasteiger partial charge in [-0.15, -0.1) is 0 Å². The van der Waals surface area contributed by atoms with Crippen molar-refractivity contribution in [3.63, 3.8) is 0 Å². The van der Waals surface area contributed by atoms with E-state index < -0.39 is 70.6 Å². The van der Waals surface area contributed by atoms with E-state index in [-0.39, 0.29) is 4.57 Å². The van der Waals surface area contributed by atoms with Gasteiger partial charge in [0.1, 0.15) is 23.8 Å². The molecule has 0 spiro atoms. The Kier molecular flexibility index (Phi) is 6.28. The second-order valence-corrected chi connectivity index (χ2v) is 10.1. The standard InChI is InChI=1S/C9H13ClFN2O15P3/c10-3-1-13(8(17)12-6(3)16)7-4(14)5(15)9(11,26-7)2-25-30(21,22)28-31(23,24)27-29(18,19)20/h1,4-5,7,14-15H,2H2,(H,21,22)(H,23,24)(H,12,16,17)(H2,18,19,20)/t4-,5+,7-,9-/m1/s1/i2D2,7D. The second-order valence-electron chi connectivity index (χ2n) is 5.37. The van der Waals surface area contributed by atoms with Gasteiger partial charge in [-0.2, -0.15) is 8.62 Å². The molecule has 178 valence electrons. The van der Waals surface area contributed by atoms with Crippen molar-refractivity contribution in [2.45, 2.75) is 24.3 Å². The summed E-state index contributed by atoms with van der Waals surface area (Å²) < 4.78 is 86.8. The van der Waals surface area contributed by atoms with Gasteiger partial charge in [-0.05, 0) is 0 Å². The maximum absolute atomic E-state index is 15.4. The van der Waals surface area contributed by atoms with E-state index in [1.807, 2.05) is 0 Å². The van der Waals surface area contributed by atoms with Crippen LogP contribution in [-0.4, -0.2) is 64.0 Å². The number of aromatic amines is 1. The van der Waals surface area contributed by atoms with Gasteiger partial charge in [0.2, 0.25) is 0 Å². The smallest absolute Gasteiger partial charge is 0.385 e. The lowest BCUT2D eigenvalue weighted by molar-refractivity contribution is -0.204. The summed E-state index contributed by atoms with van der Waals surface area (Å²) >= 11 is 5.48. The third-order valence-corrected chi connectivity index (χ3v) is 6.96. The monoisotopic (exact) mass is 539 g/mol.